The van der Waals surface area contributed by atoms with Crippen molar-refractivity contribution in [3.05, 3.63) is 65.7 Å². The van der Waals surface area contributed by atoms with Gasteiger partial charge in [0.15, 0.2) is 0 Å². The minimum absolute atomic E-state index is 0.536. The zero-order valence-electron chi connectivity index (χ0n) is 13.3. The first kappa shape index (κ1) is 15.6. The van der Waals surface area contributed by atoms with Crippen molar-refractivity contribution >= 4 is 0 Å². The van der Waals surface area contributed by atoms with Crippen molar-refractivity contribution in [1.82, 2.24) is 4.90 Å². The smallest absolute Gasteiger partial charge is 0.119 e. The van der Waals surface area contributed by atoms with Crippen LogP contribution in [-0.2, 0) is 6.54 Å². The highest BCUT2D eigenvalue weighted by Gasteiger charge is 2.03. The highest BCUT2D eigenvalue weighted by atomic mass is 16.5. The van der Waals surface area contributed by atoms with E-state index in [0.717, 1.165) is 18.8 Å². The molecule has 2 aromatic carbocycles. The van der Waals surface area contributed by atoms with Gasteiger partial charge in [-0.2, -0.15) is 0 Å². The van der Waals surface area contributed by atoms with Gasteiger partial charge >= 0.3 is 0 Å². The van der Waals surface area contributed by atoms with Crippen LogP contribution in [0.15, 0.2) is 54.6 Å². The van der Waals surface area contributed by atoms with Crippen molar-refractivity contribution in [2.45, 2.75) is 26.3 Å². The number of rotatable bonds is 7. The van der Waals surface area contributed by atoms with E-state index in [1.165, 1.54) is 11.1 Å². The predicted molar refractivity (Wildman–Crippen MR) is 88.8 cm³/mol. The van der Waals surface area contributed by atoms with Gasteiger partial charge in [-0.05, 0) is 36.2 Å². The maximum absolute atomic E-state index is 5.86. The molecule has 0 radical (unpaired) electrons. The maximum Gasteiger partial charge on any atom is 0.119 e. The lowest BCUT2D eigenvalue weighted by molar-refractivity contribution is 0.232. The molecule has 0 amide bonds. The van der Waals surface area contributed by atoms with Crippen LogP contribution in [0.1, 0.15) is 30.9 Å². The molecule has 0 aliphatic heterocycles. The van der Waals surface area contributed by atoms with Crippen molar-refractivity contribution in [2.75, 3.05) is 20.2 Å². The van der Waals surface area contributed by atoms with E-state index in [1.54, 1.807) is 0 Å². The van der Waals surface area contributed by atoms with E-state index in [-0.39, 0.29) is 0 Å². The van der Waals surface area contributed by atoms with Gasteiger partial charge in [-0.3, -0.25) is 4.90 Å². The molecule has 112 valence electrons. The van der Waals surface area contributed by atoms with Crippen LogP contribution in [0.4, 0.5) is 0 Å². The molecule has 0 bridgehead atoms. The average Bonchev–Trinajstić information content (AvgIpc) is 2.48. The third-order valence-electron chi connectivity index (χ3n) is 3.56. The first-order valence-corrected chi connectivity index (χ1v) is 7.60. The molecule has 0 saturated heterocycles. The molecule has 0 atom stereocenters. The molecule has 0 fully saturated rings. The summed E-state index contributed by atoms with van der Waals surface area (Å²) in [5, 5.41) is 0. The number of nitrogens with zero attached hydrogens (tertiary/aromatic N) is 1. The van der Waals surface area contributed by atoms with Gasteiger partial charge in [0.1, 0.15) is 12.4 Å². The van der Waals surface area contributed by atoms with Crippen molar-refractivity contribution in [2.24, 2.45) is 0 Å². The second-order valence-electron chi connectivity index (χ2n) is 5.80. The standard InChI is InChI=1S/C19H25NO/c1-16(2)18-10-7-11-19(14-18)21-13-12-20(3)15-17-8-5-4-6-9-17/h4-11,14,16H,12-13,15H2,1-3H3. The van der Waals surface area contributed by atoms with E-state index in [1.807, 2.05) is 12.1 Å². The van der Waals surface area contributed by atoms with Gasteiger partial charge < -0.3 is 4.74 Å². The van der Waals surface area contributed by atoms with E-state index in [9.17, 15) is 0 Å². The first-order chi connectivity index (χ1) is 10.1. The highest BCUT2D eigenvalue weighted by Crippen LogP contribution is 2.20. The Bertz CT molecular complexity index is 536. The van der Waals surface area contributed by atoms with Crippen molar-refractivity contribution < 1.29 is 4.74 Å². The fourth-order valence-electron chi connectivity index (χ4n) is 2.26. The molecule has 2 nitrogen and oxygen atoms in total. The molecule has 0 spiro atoms. The van der Waals surface area contributed by atoms with Gasteiger partial charge in [0.05, 0.1) is 0 Å². The molecule has 0 heterocycles. The summed E-state index contributed by atoms with van der Waals surface area (Å²) in [6.45, 7) is 6.99. The Labute approximate surface area is 128 Å². The molecule has 2 rings (SSSR count). The van der Waals surface area contributed by atoms with Crippen LogP contribution in [0.25, 0.3) is 0 Å². The normalized spacial score (nSPS) is 11.1. The molecule has 0 aromatic heterocycles. The van der Waals surface area contributed by atoms with Crippen LogP contribution >= 0.6 is 0 Å². The summed E-state index contributed by atoms with van der Waals surface area (Å²) in [6.07, 6.45) is 0. The SMILES string of the molecule is CC(C)c1cccc(OCCN(C)Cc2ccccc2)c1. The van der Waals surface area contributed by atoms with Crippen LogP contribution in [0.2, 0.25) is 0 Å². The van der Waals surface area contributed by atoms with E-state index in [0.29, 0.717) is 12.5 Å². The van der Waals surface area contributed by atoms with Gasteiger partial charge in [0.2, 0.25) is 0 Å². The van der Waals surface area contributed by atoms with Crippen LogP contribution in [0.3, 0.4) is 0 Å². The average molecular weight is 283 g/mol. The molecular formula is C19H25NO. The second-order valence-corrected chi connectivity index (χ2v) is 5.80. The van der Waals surface area contributed by atoms with Crippen LogP contribution in [-0.4, -0.2) is 25.1 Å². The van der Waals surface area contributed by atoms with E-state index >= 15 is 0 Å². The largest absolute Gasteiger partial charge is 0.492 e. The Morgan fingerprint density at radius 2 is 1.76 bits per heavy atom. The molecule has 2 aromatic rings. The zero-order valence-corrected chi connectivity index (χ0v) is 13.3. The van der Waals surface area contributed by atoms with Crippen molar-refractivity contribution in [3.63, 3.8) is 0 Å². The van der Waals surface area contributed by atoms with Gasteiger partial charge in [-0.1, -0.05) is 56.3 Å². The Balaban J connectivity index is 1.77. The minimum atomic E-state index is 0.536. The lowest BCUT2D eigenvalue weighted by Gasteiger charge is -2.17. The van der Waals surface area contributed by atoms with Crippen LogP contribution in [0, 0.1) is 0 Å². The highest BCUT2D eigenvalue weighted by molar-refractivity contribution is 5.30. The molecule has 0 N–H and O–H groups in total. The van der Waals surface area contributed by atoms with Crippen molar-refractivity contribution in [1.29, 1.82) is 0 Å². The van der Waals surface area contributed by atoms with E-state index in [2.05, 4.69) is 68.3 Å². The van der Waals surface area contributed by atoms with Crippen LogP contribution < -0.4 is 4.74 Å². The number of hydrogen-bond acceptors (Lipinski definition) is 2. The third-order valence-corrected chi connectivity index (χ3v) is 3.56. The number of benzene rings is 2. The summed E-state index contributed by atoms with van der Waals surface area (Å²) in [5.41, 5.74) is 2.66. The van der Waals surface area contributed by atoms with Crippen LogP contribution in [0.5, 0.6) is 5.75 Å². The quantitative estimate of drug-likeness (QED) is 0.750. The Morgan fingerprint density at radius 1 is 1.00 bits per heavy atom. The lowest BCUT2D eigenvalue weighted by Crippen LogP contribution is -2.23. The Kier molecular flexibility index (Phi) is 5.82. The van der Waals surface area contributed by atoms with E-state index in [4.69, 9.17) is 4.74 Å². The Morgan fingerprint density at radius 3 is 2.48 bits per heavy atom. The molecule has 0 aliphatic carbocycles. The van der Waals surface area contributed by atoms with Crippen molar-refractivity contribution in [3.8, 4) is 5.75 Å². The fourth-order valence-corrected chi connectivity index (χ4v) is 2.26. The van der Waals surface area contributed by atoms with E-state index < -0.39 is 0 Å². The lowest BCUT2D eigenvalue weighted by atomic mass is 10.0. The summed E-state index contributed by atoms with van der Waals surface area (Å²) in [4.78, 5) is 2.28. The molecule has 2 heteroatoms. The minimum Gasteiger partial charge on any atom is -0.492 e. The fraction of sp³-hybridized carbons (Fsp3) is 0.368. The summed E-state index contributed by atoms with van der Waals surface area (Å²) in [5.74, 6) is 1.50. The number of ether oxygens (including phenoxy) is 1. The van der Waals surface area contributed by atoms with Gasteiger partial charge in [0, 0.05) is 13.1 Å². The molecule has 0 aliphatic rings. The summed E-state index contributed by atoms with van der Waals surface area (Å²) >= 11 is 0. The molecular weight excluding hydrogens is 258 g/mol. The Hall–Kier alpha value is -1.80. The molecule has 0 saturated carbocycles. The summed E-state index contributed by atoms with van der Waals surface area (Å²) < 4.78 is 5.86. The predicted octanol–water partition coefficient (Wildman–Crippen LogP) is 4.32. The maximum atomic E-state index is 5.86. The first-order valence-electron chi connectivity index (χ1n) is 7.60. The monoisotopic (exact) mass is 283 g/mol. The summed E-state index contributed by atoms with van der Waals surface area (Å²) in [7, 11) is 2.13. The summed E-state index contributed by atoms with van der Waals surface area (Å²) in [6, 6.07) is 18.9. The van der Waals surface area contributed by atoms with Gasteiger partial charge in [-0.25, -0.2) is 0 Å². The number of likely N-dealkylation sites (N-methyl/N-ethyl adjacent to an activating group) is 1. The van der Waals surface area contributed by atoms with Gasteiger partial charge in [0.25, 0.3) is 0 Å². The second kappa shape index (κ2) is 7.84. The topological polar surface area (TPSA) is 12.5 Å². The third kappa shape index (κ3) is 5.24. The molecule has 21 heavy (non-hydrogen) atoms. The zero-order chi connectivity index (χ0) is 15.1. The molecule has 0 unspecified atom stereocenters. The number of hydrogen-bond donors (Lipinski definition) is 0. The van der Waals surface area contributed by atoms with Gasteiger partial charge in [-0.15, -0.1) is 0 Å².